The third-order valence-corrected chi connectivity index (χ3v) is 4.74. The highest BCUT2D eigenvalue weighted by Gasteiger charge is 2.16. The molecule has 3 rings (SSSR count). The van der Waals surface area contributed by atoms with Gasteiger partial charge < -0.3 is 25.6 Å². The Morgan fingerprint density at radius 1 is 1.15 bits per heavy atom. The number of aliphatic hydroxyl groups is 2. The first-order valence-electron chi connectivity index (χ1n) is 9.24. The van der Waals surface area contributed by atoms with E-state index in [2.05, 4.69) is 19.1 Å². The molecular weight excluding hydrogens is 342 g/mol. The second-order valence-electron chi connectivity index (χ2n) is 6.66. The first-order chi connectivity index (χ1) is 13.1. The van der Waals surface area contributed by atoms with Crippen molar-refractivity contribution >= 4 is 17.1 Å². The summed E-state index contributed by atoms with van der Waals surface area (Å²) in [6.07, 6.45) is 2.87. The highest BCUT2D eigenvalue weighted by molar-refractivity contribution is 5.77. The molecule has 1 aromatic carbocycles. The van der Waals surface area contributed by atoms with Gasteiger partial charge in [-0.05, 0) is 59.9 Å². The monoisotopic (exact) mass is 369 g/mol. The number of nitrogens with two attached hydrogens (primary N) is 1. The van der Waals surface area contributed by atoms with Crippen LogP contribution in [0.2, 0.25) is 0 Å². The van der Waals surface area contributed by atoms with E-state index in [0.717, 1.165) is 40.2 Å². The molecule has 4 N–H and O–H groups in total. The minimum Gasteiger partial charge on any atom is -0.399 e. The van der Waals surface area contributed by atoms with Gasteiger partial charge in [0.1, 0.15) is 5.82 Å². The minimum atomic E-state index is -0.00487. The van der Waals surface area contributed by atoms with Crippen LogP contribution in [-0.2, 0) is 4.74 Å². The first kappa shape index (κ1) is 19.4. The molecule has 1 aliphatic rings. The van der Waals surface area contributed by atoms with Gasteiger partial charge in [0, 0.05) is 18.8 Å². The normalized spacial score (nSPS) is 14.1. The number of benzene rings is 1. The van der Waals surface area contributed by atoms with E-state index in [4.69, 9.17) is 15.5 Å². The van der Waals surface area contributed by atoms with E-state index in [0.29, 0.717) is 32.0 Å². The third-order valence-electron chi connectivity index (χ3n) is 4.74. The number of aliphatic hydroxyl groups excluding tert-OH is 2. The molecule has 0 aliphatic carbocycles. The number of rotatable bonds is 7. The summed E-state index contributed by atoms with van der Waals surface area (Å²) in [7, 11) is 0. The van der Waals surface area contributed by atoms with E-state index in [1.807, 2.05) is 29.2 Å². The van der Waals surface area contributed by atoms with Crippen molar-refractivity contribution in [2.45, 2.75) is 13.3 Å². The fraction of sp³-hybridized carbons (Fsp3) is 0.381. The van der Waals surface area contributed by atoms with E-state index >= 15 is 0 Å². The quantitative estimate of drug-likeness (QED) is 0.648. The van der Waals surface area contributed by atoms with E-state index in [1.165, 1.54) is 0 Å². The number of aryl methyl sites for hydroxylation is 1. The number of hydrogen-bond acceptors (Lipinski definition) is 6. The van der Waals surface area contributed by atoms with Gasteiger partial charge in [-0.15, -0.1) is 0 Å². The molecular formula is C21H27N3O3. The lowest BCUT2D eigenvalue weighted by Crippen LogP contribution is -2.30. The van der Waals surface area contributed by atoms with Crippen molar-refractivity contribution < 1.29 is 14.9 Å². The topological polar surface area (TPSA) is 91.8 Å². The summed E-state index contributed by atoms with van der Waals surface area (Å²) >= 11 is 0. The highest BCUT2D eigenvalue weighted by atomic mass is 16.5. The van der Waals surface area contributed by atoms with E-state index < -0.39 is 0 Å². The van der Waals surface area contributed by atoms with Gasteiger partial charge in [-0.1, -0.05) is 12.1 Å². The molecule has 1 aliphatic heterocycles. The molecule has 27 heavy (non-hydrogen) atoms. The highest BCUT2D eigenvalue weighted by Crippen LogP contribution is 2.32. The van der Waals surface area contributed by atoms with E-state index in [9.17, 15) is 10.2 Å². The molecule has 144 valence electrons. The standard InChI is InChI=1S/C21H27N3O3/c1-15-2-3-18(22)14-19(15)17-12-20(16-4-10-27-11-5-16)23-21(13-17)24(6-8-25)7-9-26/h2-4,12-14,25-26H,5-11,22H2,1H3. The van der Waals surface area contributed by atoms with Gasteiger partial charge in [-0.3, -0.25) is 0 Å². The zero-order valence-corrected chi connectivity index (χ0v) is 15.7. The van der Waals surface area contributed by atoms with Crippen LogP contribution in [0.25, 0.3) is 16.7 Å². The Morgan fingerprint density at radius 3 is 2.59 bits per heavy atom. The Kier molecular flexibility index (Phi) is 6.45. The van der Waals surface area contributed by atoms with Crippen LogP contribution in [0.15, 0.2) is 36.4 Å². The van der Waals surface area contributed by atoms with Crippen molar-refractivity contribution in [3.63, 3.8) is 0 Å². The van der Waals surface area contributed by atoms with Gasteiger partial charge in [0.2, 0.25) is 0 Å². The van der Waals surface area contributed by atoms with Crippen LogP contribution in [-0.4, -0.2) is 54.7 Å². The average molecular weight is 369 g/mol. The molecule has 0 saturated carbocycles. The van der Waals surface area contributed by atoms with Crippen molar-refractivity contribution in [3.05, 3.63) is 47.7 Å². The summed E-state index contributed by atoms with van der Waals surface area (Å²) in [5.41, 5.74) is 12.0. The summed E-state index contributed by atoms with van der Waals surface area (Å²) in [6.45, 7) is 4.14. The molecule has 0 radical (unpaired) electrons. The van der Waals surface area contributed by atoms with Gasteiger partial charge in [0.15, 0.2) is 0 Å². The minimum absolute atomic E-state index is 0.00487. The SMILES string of the molecule is Cc1ccc(N)cc1-c1cc(C2=CCOCC2)nc(N(CCO)CCO)c1. The number of anilines is 2. The van der Waals surface area contributed by atoms with Crippen LogP contribution in [0.4, 0.5) is 11.5 Å². The second kappa shape index (κ2) is 8.99. The fourth-order valence-electron chi connectivity index (χ4n) is 3.29. The van der Waals surface area contributed by atoms with Gasteiger partial charge in [0.25, 0.3) is 0 Å². The summed E-state index contributed by atoms with van der Waals surface area (Å²) in [5, 5.41) is 18.8. The van der Waals surface area contributed by atoms with Crippen LogP contribution in [0.3, 0.4) is 0 Å². The lowest BCUT2D eigenvalue weighted by molar-refractivity contribution is 0.161. The molecule has 0 unspecified atom stereocenters. The fourth-order valence-corrected chi connectivity index (χ4v) is 3.29. The molecule has 0 fully saturated rings. The Hall–Kier alpha value is -2.41. The average Bonchev–Trinajstić information content (AvgIpc) is 2.70. The lowest BCUT2D eigenvalue weighted by Gasteiger charge is -2.24. The summed E-state index contributed by atoms with van der Waals surface area (Å²) in [4.78, 5) is 6.72. The van der Waals surface area contributed by atoms with Crippen molar-refractivity contribution in [2.24, 2.45) is 0 Å². The lowest BCUT2D eigenvalue weighted by atomic mass is 9.97. The molecule has 0 spiro atoms. The Bertz CT molecular complexity index is 814. The largest absolute Gasteiger partial charge is 0.399 e. The Morgan fingerprint density at radius 2 is 1.93 bits per heavy atom. The molecule has 1 aromatic heterocycles. The first-order valence-corrected chi connectivity index (χ1v) is 9.24. The van der Waals surface area contributed by atoms with Crippen molar-refractivity contribution in [1.82, 2.24) is 4.98 Å². The van der Waals surface area contributed by atoms with Gasteiger partial charge in [-0.2, -0.15) is 0 Å². The zero-order chi connectivity index (χ0) is 19.2. The smallest absolute Gasteiger partial charge is 0.129 e. The molecule has 0 bridgehead atoms. The molecule has 6 heteroatoms. The van der Waals surface area contributed by atoms with Gasteiger partial charge >= 0.3 is 0 Å². The molecule has 2 aromatic rings. The van der Waals surface area contributed by atoms with Crippen LogP contribution >= 0.6 is 0 Å². The van der Waals surface area contributed by atoms with Crippen molar-refractivity contribution in [2.75, 3.05) is 50.2 Å². The number of hydrogen-bond donors (Lipinski definition) is 3. The van der Waals surface area contributed by atoms with Crippen molar-refractivity contribution in [3.8, 4) is 11.1 Å². The maximum Gasteiger partial charge on any atom is 0.129 e. The number of nitrogens with zero attached hydrogens (tertiary/aromatic N) is 2. The molecule has 0 amide bonds. The van der Waals surface area contributed by atoms with Crippen LogP contribution < -0.4 is 10.6 Å². The summed E-state index contributed by atoms with van der Waals surface area (Å²) < 4.78 is 5.43. The molecule has 0 atom stereocenters. The Labute approximate surface area is 159 Å². The number of aromatic nitrogens is 1. The number of ether oxygens (including phenoxy) is 1. The van der Waals surface area contributed by atoms with Crippen molar-refractivity contribution in [1.29, 1.82) is 0 Å². The van der Waals surface area contributed by atoms with Gasteiger partial charge in [-0.25, -0.2) is 4.98 Å². The molecule has 0 saturated heterocycles. The summed E-state index contributed by atoms with van der Waals surface area (Å²) in [6, 6.07) is 9.96. The predicted octanol–water partition coefficient (Wildman–Crippen LogP) is 2.23. The van der Waals surface area contributed by atoms with Crippen LogP contribution in [0.1, 0.15) is 17.7 Å². The third kappa shape index (κ3) is 4.66. The van der Waals surface area contributed by atoms with Gasteiger partial charge in [0.05, 0.1) is 32.1 Å². The maximum atomic E-state index is 9.41. The van der Waals surface area contributed by atoms with Crippen LogP contribution in [0.5, 0.6) is 0 Å². The van der Waals surface area contributed by atoms with E-state index in [1.54, 1.807) is 0 Å². The number of pyridine rings is 1. The Balaban J connectivity index is 2.12. The molecule has 2 heterocycles. The zero-order valence-electron chi connectivity index (χ0n) is 15.7. The second-order valence-corrected chi connectivity index (χ2v) is 6.66. The molecule has 6 nitrogen and oxygen atoms in total. The van der Waals surface area contributed by atoms with Crippen LogP contribution in [0, 0.1) is 6.92 Å². The predicted molar refractivity (Wildman–Crippen MR) is 109 cm³/mol. The maximum absolute atomic E-state index is 9.41. The van der Waals surface area contributed by atoms with E-state index in [-0.39, 0.29) is 13.2 Å². The number of nitrogen functional groups attached to an aromatic ring is 1. The summed E-state index contributed by atoms with van der Waals surface area (Å²) in [5.74, 6) is 0.736.